The molecule has 56 heavy (non-hydrogen) atoms. The molecule has 0 aliphatic carbocycles. The van der Waals surface area contributed by atoms with Crippen molar-refractivity contribution in [3.05, 3.63) is 0 Å². The van der Waals surface area contributed by atoms with E-state index >= 15 is 0 Å². The summed E-state index contributed by atoms with van der Waals surface area (Å²) in [7, 11) is 0. The van der Waals surface area contributed by atoms with Crippen LogP contribution in [0.5, 0.6) is 0 Å². The fourth-order valence-corrected chi connectivity index (χ4v) is 5.95. The van der Waals surface area contributed by atoms with Crippen molar-refractivity contribution in [3.8, 4) is 0 Å². The van der Waals surface area contributed by atoms with E-state index in [-0.39, 0.29) is 105 Å². The molecular weight excluding hydrogens is 752 g/mol. The van der Waals surface area contributed by atoms with Crippen LogP contribution < -0.4 is 0 Å². The molecule has 1 fully saturated rings. The van der Waals surface area contributed by atoms with E-state index < -0.39 is 100 Å². The van der Waals surface area contributed by atoms with E-state index in [9.17, 15) is 79.2 Å². The van der Waals surface area contributed by atoms with E-state index in [1.165, 1.54) is 39.2 Å². The zero-order valence-electron chi connectivity index (χ0n) is 31.4. The van der Waals surface area contributed by atoms with Gasteiger partial charge in [0.05, 0.1) is 52.4 Å². The van der Waals surface area contributed by atoms with Crippen LogP contribution in [0, 0.1) is 0 Å². The largest absolute Gasteiger partial charge is 0.480 e. The Morgan fingerprint density at radius 3 is 0.339 bits per heavy atom. The van der Waals surface area contributed by atoms with Gasteiger partial charge < -0.3 is 40.9 Å². The molecule has 0 aromatic heterocycles. The van der Waals surface area contributed by atoms with Crippen molar-refractivity contribution < 1.29 is 79.2 Å². The van der Waals surface area contributed by atoms with E-state index in [0.717, 1.165) is 0 Å². The summed E-state index contributed by atoms with van der Waals surface area (Å²) in [6.45, 7) is -3.28. The zero-order chi connectivity index (χ0) is 42.2. The number of carboxylic acid groups (broad SMARTS) is 8. The second kappa shape index (κ2) is 27.1. The van der Waals surface area contributed by atoms with Crippen LogP contribution in [-0.4, -0.2) is 285 Å². The Kier molecular flexibility index (Phi) is 23.9. The third-order valence-corrected chi connectivity index (χ3v) is 8.73. The highest BCUT2D eigenvalue weighted by Crippen LogP contribution is 2.03. The standard InChI is InChI=1S/C32H56N8O16/c41-25(42)17-33-1-2-34(18-26(43)44)5-6-36(20-28(47)48)9-10-38(22-30(51)52)13-14-40(24-32(55)56)16-15-39(23-31(53)54)12-11-37(21-29(49)50)8-7-35(4-3-33)19-27(45)46/h1-24H2,(H,41,42)(H,43,44)(H,45,46)(H,47,48)(H,49,50)(H,51,52)(H,53,54)(H,55,56). The van der Waals surface area contributed by atoms with Crippen molar-refractivity contribution in [1.29, 1.82) is 0 Å². The second-order valence-corrected chi connectivity index (χ2v) is 13.4. The first-order valence-electron chi connectivity index (χ1n) is 17.8. The van der Waals surface area contributed by atoms with Gasteiger partial charge in [0.25, 0.3) is 0 Å². The third-order valence-electron chi connectivity index (χ3n) is 8.73. The lowest BCUT2D eigenvalue weighted by molar-refractivity contribution is -0.141. The predicted octanol–water partition coefficient (Wildman–Crippen LogP) is -4.91. The molecule has 0 saturated carbocycles. The van der Waals surface area contributed by atoms with Gasteiger partial charge in [-0.3, -0.25) is 77.6 Å². The SMILES string of the molecule is O=C(O)CN1CCN(CC(=O)O)CCN(CC(=O)O)CCN(CC(=O)O)CCN(CC(=O)O)CCN(CC(=O)O)CCN(CC(=O)O)CCN(CC(=O)O)CC1. The van der Waals surface area contributed by atoms with E-state index in [4.69, 9.17) is 0 Å². The Hall–Kier alpha value is -4.56. The van der Waals surface area contributed by atoms with Gasteiger partial charge >= 0.3 is 47.8 Å². The first-order chi connectivity index (χ1) is 26.3. The average Bonchev–Trinajstić information content (AvgIpc) is 3.06. The van der Waals surface area contributed by atoms with Gasteiger partial charge in [0, 0.05) is 105 Å². The molecular formula is C32H56N8O16. The third kappa shape index (κ3) is 25.5. The smallest absolute Gasteiger partial charge is 0.317 e. The Bertz CT molecular complexity index is 990. The van der Waals surface area contributed by atoms with Crippen molar-refractivity contribution in [3.63, 3.8) is 0 Å². The summed E-state index contributed by atoms with van der Waals surface area (Å²) < 4.78 is 0. The van der Waals surface area contributed by atoms with Gasteiger partial charge in [-0.05, 0) is 0 Å². The molecule has 0 radical (unpaired) electrons. The minimum absolute atomic E-state index is 0.0310. The van der Waals surface area contributed by atoms with Crippen molar-refractivity contribution in [1.82, 2.24) is 39.2 Å². The monoisotopic (exact) mass is 808 g/mol. The van der Waals surface area contributed by atoms with Gasteiger partial charge in [-0.1, -0.05) is 0 Å². The molecule has 0 atom stereocenters. The van der Waals surface area contributed by atoms with Crippen molar-refractivity contribution in [2.24, 2.45) is 0 Å². The molecule has 1 aliphatic rings. The number of hydrogen-bond acceptors (Lipinski definition) is 16. The molecule has 0 spiro atoms. The molecule has 0 aromatic rings. The summed E-state index contributed by atoms with van der Waals surface area (Å²) in [5.41, 5.74) is 0. The van der Waals surface area contributed by atoms with Gasteiger partial charge in [-0.25, -0.2) is 0 Å². The van der Waals surface area contributed by atoms with Crippen LogP contribution in [-0.2, 0) is 38.4 Å². The Morgan fingerprint density at radius 2 is 0.286 bits per heavy atom. The van der Waals surface area contributed by atoms with Crippen LogP contribution in [0.3, 0.4) is 0 Å². The fourth-order valence-electron chi connectivity index (χ4n) is 5.95. The summed E-state index contributed by atoms with van der Waals surface area (Å²) >= 11 is 0. The highest BCUT2D eigenvalue weighted by atomic mass is 16.4. The maximum Gasteiger partial charge on any atom is 0.317 e. The maximum absolute atomic E-state index is 11.7. The summed E-state index contributed by atoms with van der Waals surface area (Å²) in [5.74, 6) is -9.59. The molecule has 1 aliphatic heterocycles. The van der Waals surface area contributed by atoms with Gasteiger partial charge in [0.1, 0.15) is 0 Å². The molecule has 24 heteroatoms. The van der Waals surface area contributed by atoms with Crippen molar-refractivity contribution >= 4 is 47.8 Å². The number of nitrogens with zero attached hydrogens (tertiary/aromatic N) is 8. The van der Waals surface area contributed by atoms with Crippen LogP contribution in [0.4, 0.5) is 0 Å². The maximum atomic E-state index is 11.7. The number of aliphatic carboxylic acids is 8. The van der Waals surface area contributed by atoms with Crippen molar-refractivity contribution in [2.45, 2.75) is 0 Å². The highest BCUT2D eigenvalue weighted by molar-refractivity contribution is 5.71. The Balaban J connectivity index is 3.52. The van der Waals surface area contributed by atoms with Crippen LogP contribution in [0.25, 0.3) is 0 Å². The molecule has 24 nitrogen and oxygen atoms in total. The normalized spacial score (nSPS) is 19.4. The molecule has 320 valence electrons. The van der Waals surface area contributed by atoms with Gasteiger partial charge in [-0.2, -0.15) is 0 Å². The molecule has 1 rings (SSSR count). The van der Waals surface area contributed by atoms with Crippen LogP contribution in [0.15, 0.2) is 0 Å². The Morgan fingerprint density at radius 1 is 0.214 bits per heavy atom. The Labute approximate surface area is 323 Å². The summed E-state index contributed by atoms with van der Waals surface area (Å²) in [4.78, 5) is 106. The molecule has 0 aromatic carbocycles. The molecule has 1 saturated heterocycles. The first kappa shape index (κ1) is 49.5. The van der Waals surface area contributed by atoms with E-state index in [1.807, 2.05) is 0 Å². The summed E-state index contributed by atoms with van der Waals surface area (Å²) in [5, 5.41) is 76.5. The van der Waals surface area contributed by atoms with E-state index in [0.29, 0.717) is 0 Å². The molecule has 0 bridgehead atoms. The summed E-state index contributed by atoms with van der Waals surface area (Å²) in [6, 6.07) is 0. The van der Waals surface area contributed by atoms with Gasteiger partial charge in [0.2, 0.25) is 0 Å². The average molecular weight is 809 g/mol. The summed E-state index contributed by atoms with van der Waals surface area (Å²) in [6.07, 6.45) is 0. The lowest BCUT2D eigenvalue weighted by atomic mass is 10.3. The molecule has 1 heterocycles. The highest BCUT2D eigenvalue weighted by Gasteiger charge is 2.23. The second-order valence-electron chi connectivity index (χ2n) is 13.4. The minimum Gasteiger partial charge on any atom is -0.480 e. The van der Waals surface area contributed by atoms with Crippen LogP contribution in [0.1, 0.15) is 0 Å². The number of rotatable bonds is 16. The zero-order valence-corrected chi connectivity index (χ0v) is 31.4. The van der Waals surface area contributed by atoms with E-state index in [2.05, 4.69) is 0 Å². The van der Waals surface area contributed by atoms with Crippen molar-refractivity contribution in [2.75, 3.05) is 157 Å². The predicted molar refractivity (Wildman–Crippen MR) is 193 cm³/mol. The topological polar surface area (TPSA) is 324 Å². The molecule has 0 amide bonds. The quantitative estimate of drug-likeness (QED) is 0.0724. The van der Waals surface area contributed by atoms with Gasteiger partial charge in [0.15, 0.2) is 0 Å². The number of hydrogen-bond donors (Lipinski definition) is 8. The minimum atomic E-state index is -1.20. The number of carboxylic acids is 8. The van der Waals surface area contributed by atoms with Crippen LogP contribution >= 0.6 is 0 Å². The fraction of sp³-hybridized carbons (Fsp3) is 0.750. The lowest BCUT2D eigenvalue weighted by Crippen LogP contribution is -2.49. The van der Waals surface area contributed by atoms with Gasteiger partial charge in [-0.15, -0.1) is 0 Å². The first-order valence-corrected chi connectivity index (χ1v) is 17.8. The number of carbonyl (C=O) groups is 8. The lowest BCUT2D eigenvalue weighted by Gasteiger charge is -2.32. The molecule has 8 N–H and O–H groups in total. The van der Waals surface area contributed by atoms with E-state index in [1.54, 1.807) is 0 Å². The van der Waals surface area contributed by atoms with Crippen LogP contribution in [0.2, 0.25) is 0 Å². The molecule has 0 unspecified atom stereocenters.